The van der Waals surface area contributed by atoms with E-state index in [4.69, 9.17) is 4.74 Å². The SMILES string of the molecule is C[C@]12CCC(=O)CC1CC[C@@H]1[C@H]2CC[C@]2(C)C(Oc3ccc([N+](=O)[O-])cc3)CC[C@@H]12. The molecule has 5 nitrogen and oxygen atoms in total. The smallest absolute Gasteiger partial charge is 0.269 e. The first-order valence-corrected chi connectivity index (χ1v) is 11.7. The number of fused-ring (bicyclic) bond motifs is 5. The van der Waals surface area contributed by atoms with Crippen molar-refractivity contribution in [2.45, 2.75) is 77.7 Å². The lowest BCUT2D eigenvalue weighted by Gasteiger charge is -2.60. The van der Waals surface area contributed by atoms with Gasteiger partial charge in [-0.1, -0.05) is 13.8 Å². The first-order valence-electron chi connectivity index (χ1n) is 11.7. The third-order valence-corrected chi connectivity index (χ3v) is 9.72. The van der Waals surface area contributed by atoms with Gasteiger partial charge >= 0.3 is 0 Å². The van der Waals surface area contributed by atoms with Crippen molar-refractivity contribution in [1.82, 2.24) is 0 Å². The Hall–Kier alpha value is -1.91. The molecule has 0 radical (unpaired) electrons. The van der Waals surface area contributed by atoms with Crippen molar-refractivity contribution in [1.29, 1.82) is 0 Å². The maximum absolute atomic E-state index is 12.1. The molecule has 4 fully saturated rings. The number of ketones is 1. The van der Waals surface area contributed by atoms with Gasteiger partial charge in [0.2, 0.25) is 0 Å². The third-order valence-electron chi connectivity index (χ3n) is 9.72. The van der Waals surface area contributed by atoms with Crippen molar-refractivity contribution in [3.8, 4) is 5.75 Å². The van der Waals surface area contributed by atoms with E-state index in [1.807, 2.05) is 0 Å². The largest absolute Gasteiger partial charge is 0.490 e. The standard InChI is InChI=1S/C25H33NO4/c1-24-13-11-18(27)15-16(24)3-8-20-21-9-10-23(25(21,2)14-12-22(20)24)30-19-6-4-17(5-7-19)26(28)29/h4-7,16,20-23H,3,8-15H2,1-2H3/t16?,20-,21-,22+,23?,24-,25-/m0/s1. The number of hydrogen-bond acceptors (Lipinski definition) is 4. The minimum Gasteiger partial charge on any atom is -0.490 e. The fourth-order valence-corrected chi connectivity index (χ4v) is 8.00. The van der Waals surface area contributed by atoms with Gasteiger partial charge in [-0.05, 0) is 86.2 Å². The molecular formula is C25H33NO4. The number of benzene rings is 1. The number of ether oxygens (including phenoxy) is 1. The van der Waals surface area contributed by atoms with Crippen LogP contribution in [0.1, 0.15) is 71.6 Å². The molecule has 0 N–H and O–H groups in total. The molecule has 4 aliphatic carbocycles. The van der Waals surface area contributed by atoms with E-state index >= 15 is 0 Å². The molecule has 2 unspecified atom stereocenters. The monoisotopic (exact) mass is 411 g/mol. The van der Waals surface area contributed by atoms with Crippen molar-refractivity contribution >= 4 is 11.5 Å². The number of rotatable bonds is 3. The highest BCUT2D eigenvalue weighted by molar-refractivity contribution is 5.79. The zero-order valence-electron chi connectivity index (χ0n) is 18.1. The lowest BCUT2D eigenvalue weighted by atomic mass is 9.45. The van der Waals surface area contributed by atoms with Gasteiger partial charge in [-0.15, -0.1) is 0 Å². The molecule has 0 amide bonds. The highest BCUT2D eigenvalue weighted by Gasteiger charge is 2.60. The van der Waals surface area contributed by atoms with Crippen LogP contribution in [0.15, 0.2) is 24.3 Å². The number of non-ortho nitro benzene ring substituents is 1. The number of nitrogens with zero attached hydrogens (tertiary/aromatic N) is 1. The zero-order chi connectivity index (χ0) is 21.1. The highest BCUT2D eigenvalue weighted by atomic mass is 16.6. The summed E-state index contributed by atoms with van der Waals surface area (Å²) >= 11 is 0. The number of nitro groups is 1. The van der Waals surface area contributed by atoms with Gasteiger partial charge in [-0.2, -0.15) is 0 Å². The van der Waals surface area contributed by atoms with Crippen LogP contribution in [0.5, 0.6) is 5.75 Å². The summed E-state index contributed by atoms with van der Waals surface area (Å²) in [6.45, 7) is 4.92. The van der Waals surface area contributed by atoms with Crippen LogP contribution in [0.2, 0.25) is 0 Å². The molecule has 0 spiro atoms. The zero-order valence-corrected chi connectivity index (χ0v) is 18.1. The summed E-state index contributed by atoms with van der Waals surface area (Å²) in [5.74, 6) is 4.02. The number of carbonyl (C=O) groups is 1. The number of nitro benzene ring substituents is 1. The Morgan fingerprint density at radius 3 is 2.43 bits per heavy atom. The van der Waals surface area contributed by atoms with Crippen molar-refractivity contribution in [3.63, 3.8) is 0 Å². The van der Waals surface area contributed by atoms with Gasteiger partial charge in [0.05, 0.1) is 4.92 Å². The molecule has 0 bridgehead atoms. The van der Waals surface area contributed by atoms with Crippen LogP contribution in [0.25, 0.3) is 0 Å². The van der Waals surface area contributed by atoms with E-state index in [9.17, 15) is 14.9 Å². The van der Waals surface area contributed by atoms with Crippen LogP contribution in [0.3, 0.4) is 0 Å². The van der Waals surface area contributed by atoms with Gasteiger partial charge in [-0.3, -0.25) is 14.9 Å². The molecule has 1 aromatic rings. The quantitative estimate of drug-likeness (QED) is 0.455. The molecule has 5 rings (SSSR count). The lowest BCUT2D eigenvalue weighted by Crippen LogP contribution is -2.54. The Morgan fingerprint density at radius 2 is 1.70 bits per heavy atom. The fraction of sp³-hybridized carbons (Fsp3) is 0.720. The second-order valence-electron chi connectivity index (χ2n) is 10.9. The molecule has 0 aromatic heterocycles. The number of carbonyl (C=O) groups excluding carboxylic acids is 1. The van der Waals surface area contributed by atoms with E-state index in [1.165, 1.54) is 44.2 Å². The van der Waals surface area contributed by atoms with Crippen molar-refractivity contribution in [2.24, 2.45) is 34.5 Å². The summed E-state index contributed by atoms with van der Waals surface area (Å²) in [6.07, 6.45) is 10.1. The van der Waals surface area contributed by atoms with Gasteiger partial charge in [0, 0.05) is 30.4 Å². The summed E-state index contributed by atoms with van der Waals surface area (Å²) in [4.78, 5) is 22.6. The second kappa shape index (κ2) is 7.06. The molecule has 162 valence electrons. The molecule has 7 atom stereocenters. The normalized spacial score (nSPS) is 42.7. The minimum absolute atomic E-state index is 0.106. The molecule has 4 aliphatic rings. The first kappa shape index (κ1) is 20.0. The average Bonchev–Trinajstić information content (AvgIpc) is 3.05. The topological polar surface area (TPSA) is 69.4 Å². The Labute approximate surface area is 178 Å². The van der Waals surface area contributed by atoms with E-state index in [-0.39, 0.29) is 22.1 Å². The van der Waals surface area contributed by atoms with Crippen molar-refractivity contribution in [2.75, 3.05) is 0 Å². The van der Waals surface area contributed by atoms with E-state index in [0.717, 1.165) is 43.3 Å². The first-order chi connectivity index (χ1) is 14.3. The van der Waals surface area contributed by atoms with Crippen LogP contribution < -0.4 is 4.74 Å². The van der Waals surface area contributed by atoms with Gasteiger partial charge in [0.15, 0.2) is 0 Å². The molecule has 5 heteroatoms. The van der Waals surface area contributed by atoms with Crippen molar-refractivity contribution in [3.05, 3.63) is 34.4 Å². The summed E-state index contributed by atoms with van der Waals surface area (Å²) < 4.78 is 6.44. The average molecular weight is 412 g/mol. The highest BCUT2D eigenvalue weighted by Crippen LogP contribution is 2.66. The van der Waals surface area contributed by atoms with Gasteiger partial charge < -0.3 is 4.74 Å². The molecule has 0 heterocycles. The van der Waals surface area contributed by atoms with Crippen LogP contribution in [-0.2, 0) is 4.79 Å². The molecule has 4 saturated carbocycles. The van der Waals surface area contributed by atoms with Gasteiger partial charge in [0.25, 0.3) is 5.69 Å². The Morgan fingerprint density at radius 1 is 0.967 bits per heavy atom. The van der Waals surface area contributed by atoms with E-state index in [2.05, 4.69) is 13.8 Å². The van der Waals surface area contributed by atoms with Gasteiger partial charge in [-0.25, -0.2) is 0 Å². The second-order valence-corrected chi connectivity index (χ2v) is 10.9. The van der Waals surface area contributed by atoms with E-state index < -0.39 is 0 Å². The molecule has 0 saturated heterocycles. The molecule has 30 heavy (non-hydrogen) atoms. The van der Waals surface area contributed by atoms with Gasteiger partial charge in [0.1, 0.15) is 17.6 Å². The summed E-state index contributed by atoms with van der Waals surface area (Å²) in [6, 6.07) is 6.55. The fourth-order valence-electron chi connectivity index (χ4n) is 8.00. The lowest BCUT2D eigenvalue weighted by molar-refractivity contribution is -0.384. The predicted molar refractivity (Wildman–Crippen MR) is 114 cm³/mol. The summed E-state index contributed by atoms with van der Waals surface area (Å²) in [5, 5.41) is 10.9. The predicted octanol–water partition coefficient (Wildman–Crippen LogP) is 5.95. The minimum atomic E-state index is -0.367. The number of hydrogen-bond donors (Lipinski definition) is 0. The molecular weight excluding hydrogens is 378 g/mol. The summed E-state index contributed by atoms with van der Waals surface area (Å²) in [7, 11) is 0. The molecule has 1 aromatic carbocycles. The third kappa shape index (κ3) is 2.99. The van der Waals surface area contributed by atoms with Crippen LogP contribution in [0.4, 0.5) is 5.69 Å². The number of Topliss-reactive ketones (excluding diaryl/α,β-unsaturated/α-hetero) is 1. The van der Waals surface area contributed by atoms with Crippen LogP contribution in [-0.4, -0.2) is 16.8 Å². The Balaban J connectivity index is 1.34. The van der Waals surface area contributed by atoms with Crippen LogP contribution >= 0.6 is 0 Å². The summed E-state index contributed by atoms with van der Waals surface area (Å²) in [5.41, 5.74) is 0.626. The Kier molecular flexibility index (Phi) is 4.71. The maximum Gasteiger partial charge on any atom is 0.269 e. The van der Waals surface area contributed by atoms with E-state index in [1.54, 1.807) is 12.1 Å². The van der Waals surface area contributed by atoms with Crippen molar-refractivity contribution < 1.29 is 14.5 Å². The van der Waals surface area contributed by atoms with Crippen LogP contribution in [0, 0.1) is 44.6 Å². The maximum atomic E-state index is 12.1. The Bertz CT molecular complexity index is 851. The molecule has 0 aliphatic heterocycles. The van der Waals surface area contributed by atoms with E-state index in [0.29, 0.717) is 23.0 Å².